The Morgan fingerprint density at radius 3 is 2.20 bits per heavy atom. The minimum Gasteiger partial charge on any atom is -0.267 e. The Labute approximate surface area is 236 Å². The fourth-order valence-corrected chi connectivity index (χ4v) is 5.46. The molecule has 0 fully saturated rings. The van der Waals surface area contributed by atoms with E-state index in [1.807, 2.05) is 6.92 Å². The zero-order valence-electron chi connectivity index (χ0n) is 21.6. The van der Waals surface area contributed by atoms with E-state index in [4.69, 9.17) is 11.6 Å². The van der Waals surface area contributed by atoms with E-state index in [1.54, 1.807) is 61.5 Å². The second-order valence-corrected chi connectivity index (χ2v) is 11.2. The van der Waals surface area contributed by atoms with Crippen LogP contribution in [0.1, 0.15) is 34.0 Å². The molecule has 0 spiro atoms. The number of sulfonamides is 1. The highest BCUT2D eigenvalue weighted by Gasteiger charge is 2.28. The van der Waals surface area contributed by atoms with Gasteiger partial charge >= 0.3 is 0 Å². The van der Waals surface area contributed by atoms with Crippen LogP contribution in [-0.2, 0) is 16.6 Å². The van der Waals surface area contributed by atoms with E-state index in [2.05, 4.69) is 10.5 Å². The third kappa shape index (κ3) is 6.53. The van der Waals surface area contributed by atoms with Crippen molar-refractivity contribution in [2.45, 2.75) is 25.3 Å². The van der Waals surface area contributed by atoms with Crippen LogP contribution in [0, 0.1) is 17.0 Å². The van der Waals surface area contributed by atoms with Gasteiger partial charge in [0, 0.05) is 17.2 Å². The number of nitro groups is 1. The summed E-state index contributed by atoms with van der Waals surface area (Å²) in [5.74, 6) is -0.628. The lowest BCUT2D eigenvalue weighted by Crippen LogP contribution is -2.33. The summed E-state index contributed by atoms with van der Waals surface area (Å²) in [5, 5.41) is 15.6. The Bertz CT molecular complexity index is 1670. The van der Waals surface area contributed by atoms with Gasteiger partial charge in [0.1, 0.15) is 0 Å². The van der Waals surface area contributed by atoms with Crippen LogP contribution in [0.25, 0.3) is 0 Å². The molecule has 1 amide bonds. The third-order valence-electron chi connectivity index (χ3n) is 6.09. The highest BCUT2D eigenvalue weighted by molar-refractivity contribution is 7.92. The molecular weight excluding hydrogens is 552 g/mol. The lowest BCUT2D eigenvalue weighted by atomic mass is 10.1. The summed E-state index contributed by atoms with van der Waals surface area (Å²) in [6, 6.07) is 25.4. The van der Waals surface area contributed by atoms with Gasteiger partial charge < -0.3 is 0 Å². The molecule has 0 bridgehead atoms. The number of carbonyl (C=O) groups excluding carboxylic acids is 1. The molecule has 9 nitrogen and oxygen atoms in total. The molecule has 40 heavy (non-hydrogen) atoms. The van der Waals surface area contributed by atoms with Gasteiger partial charge in [0.05, 0.1) is 33.3 Å². The third-order valence-corrected chi connectivity index (χ3v) is 8.11. The van der Waals surface area contributed by atoms with Crippen LogP contribution in [0.15, 0.2) is 107 Å². The molecule has 0 unspecified atom stereocenters. The number of non-ortho nitro benzene ring substituents is 1. The van der Waals surface area contributed by atoms with Crippen molar-refractivity contribution in [1.29, 1.82) is 0 Å². The van der Waals surface area contributed by atoms with Crippen molar-refractivity contribution < 1.29 is 18.1 Å². The molecule has 0 saturated carbocycles. The second-order valence-electron chi connectivity index (χ2n) is 8.91. The number of para-hydroxylation sites is 1. The maximum Gasteiger partial charge on any atom is 0.273 e. The lowest BCUT2D eigenvalue weighted by Gasteiger charge is -2.26. The topological polar surface area (TPSA) is 122 Å². The van der Waals surface area contributed by atoms with E-state index in [0.29, 0.717) is 21.9 Å². The summed E-state index contributed by atoms with van der Waals surface area (Å²) < 4.78 is 29.0. The zero-order valence-corrected chi connectivity index (χ0v) is 23.2. The monoisotopic (exact) mass is 576 g/mol. The first-order chi connectivity index (χ1) is 19.1. The highest BCUT2D eigenvalue weighted by Crippen LogP contribution is 2.30. The summed E-state index contributed by atoms with van der Waals surface area (Å²) in [6.07, 6.45) is 0. The fourth-order valence-electron chi connectivity index (χ4n) is 3.86. The number of amides is 1. The van der Waals surface area contributed by atoms with Crippen molar-refractivity contribution in [3.8, 4) is 0 Å². The molecule has 1 N–H and O–H groups in total. The van der Waals surface area contributed by atoms with Crippen molar-refractivity contribution in [1.82, 2.24) is 5.43 Å². The van der Waals surface area contributed by atoms with E-state index >= 15 is 0 Å². The van der Waals surface area contributed by atoms with Crippen LogP contribution in [0.3, 0.4) is 0 Å². The molecule has 0 aliphatic rings. The van der Waals surface area contributed by atoms with Gasteiger partial charge in [-0.1, -0.05) is 53.6 Å². The first-order valence-corrected chi connectivity index (χ1v) is 13.9. The van der Waals surface area contributed by atoms with Crippen LogP contribution in [0.5, 0.6) is 0 Å². The van der Waals surface area contributed by atoms with Gasteiger partial charge in [-0.3, -0.25) is 19.2 Å². The maximum absolute atomic E-state index is 13.9. The number of anilines is 1. The summed E-state index contributed by atoms with van der Waals surface area (Å²) in [5.41, 5.74) is 5.23. The molecule has 0 heterocycles. The van der Waals surface area contributed by atoms with Gasteiger partial charge in [0.25, 0.3) is 21.6 Å². The fraction of sp³-hybridized carbons (Fsp3) is 0.103. The predicted molar refractivity (Wildman–Crippen MR) is 155 cm³/mol. The van der Waals surface area contributed by atoms with Gasteiger partial charge in [-0.15, -0.1) is 0 Å². The number of hydrogen-bond donors (Lipinski definition) is 1. The summed E-state index contributed by atoms with van der Waals surface area (Å²) >= 11 is 6.03. The van der Waals surface area contributed by atoms with Gasteiger partial charge in [0.2, 0.25) is 0 Å². The Morgan fingerprint density at radius 2 is 1.57 bits per heavy atom. The number of rotatable bonds is 9. The van der Waals surface area contributed by atoms with Crippen molar-refractivity contribution >= 4 is 44.6 Å². The van der Waals surface area contributed by atoms with E-state index in [9.17, 15) is 23.3 Å². The number of hydrazone groups is 1. The van der Waals surface area contributed by atoms with Crippen molar-refractivity contribution in [3.63, 3.8) is 0 Å². The highest BCUT2D eigenvalue weighted by atomic mass is 35.5. The lowest BCUT2D eigenvalue weighted by molar-refractivity contribution is -0.384. The van der Waals surface area contributed by atoms with Crippen LogP contribution in [0.2, 0.25) is 5.02 Å². The Hall–Kier alpha value is -4.54. The van der Waals surface area contributed by atoms with Crippen molar-refractivity contribution in [2.24, 2.45) is 5.10 Å². The van der Waals surface area contributed by atoms with Gasteiger partial charge in [-0.05, 0) is 73.5 Å². The molecule has 4 rings (SSSR count). The number of aryl methyl sites for hydroxylation is 1. The van der Waals surface area contributed by atoms with Crippen LogP contribution in [0.4, 0.5) is 11.4 Å². The molecule has 0 atom stereocenters. The van der Waals surface area contributed by atoms with Crippen LogP contribution in [-0.4, -0.2) is 25.0 Å². The first-order valence-electron chi connectivity index (χ1n) is 12.1. The van der Waals surface area contributed by atoms with Crippen molar-refractivity contribution in [3.05, 3.63) is 134 Å². The molecule has 0 aliphatic heterocycles. The Balaban J connectivity index is 1.70. The molecule has 0 radical (unpaired) electrons. The van der Waals surface area contributed by atoms with Crippen LogP contribution >= 0.6 is 11.6 Å². The Kier molecular flexibility index (Phi) is 8.61. The van der Waals surface area contributed by atoms with E-state index < -0.39 is 20.9 Å². The largest absolute Gasteiger partial charge is 0.273 e. The molecule has 0 aromatic heterocycles. The minimum atomic E-state index is -4.09. The molecule has 4 aromatic carbocycles. The van der Waals surface area contributed by atoms with E-state index in [0.717, 1.165) is 5.56 Å². The number of nitrogens with zero attached hydrogens (tertiary/aromatic N) is 3. The maximum atomic E-state index is 13.9. The van der Waals surface area contributed by atoms with E-state index in [1.165, 1.54) is 46.8 Å². The van der Waals surface area contributed by atoms with Gasteiger partial charge in [-0.25, -0.2) is 13.8 Å². The predicted octanol–water partition coefficient (Wildman–Crippen LogP) is 6.11. The van der Waals surface area contributed by atoms with Crippen LogP contribution < -0.4 is 9.73 Å². The molecule has 11 heteroatoms. The standard InChI is InChI=1S/C29H25ClN4O5S/c1-20-7-17-26(18-8-20)40(38,39)33(19-22-9-13-24(30)14-10-22)28-6-4-3-5-27(28)29(35)32-31-21(2)23-11-15-25(16-12-23)34(36)37/h3-18H,19H2,1-2H3,(H,32,35)/b31-21+. The number of benzene rings is 4. The number of hydrogen-bond acceptors (Lipinski definition) is 6. The zero-order chi connectivity index (χ0) is 28.9. The molecule has 0 saturated heterocycles. The average molecular weight is 577 g/mol. The second kappa shape index (κ2) is 12.1. The normalized spacial score (nSPS) is 11.6. The summed E-state index contributed by atoms with van der Waals surface area (Å²) in [4.78, 5) is 23.8. The smallest absolute Gasteiger partial charge is 0.267 e. The van der Waals surface area contributed by atoms with E-state index in [-0.39, 0.29) is 28.4 Å². The molecular formula is C29H25ClN4O5S. The van der Waals surface area contributed by atoms with Gasteiger partial charge in [0.15, 0.2) is 0 Å². The molecule has 204 valence electrons. The first kappa shape index (κ1) is 28.5. The van der Waals surface area contributed by atoms with Gasteiger partial charge in [-0.2, -0.15) is 5.10 Å². The number of halogens is 1. The number of carbonyl (C=O) groups is 1. The quantitative estimate of drug-likeness (QED) is 0.146. The molecule has 4 aromatic rings. The SMILES string of the molecule is C/C(=N\NC(=O)c1ccccc1N(Cc1ccc(Cl)cc1)S(=O)(=O)c1ccc(C)cc1)c1ccc([N+](=O)[O-])cc1. The van der Waals surface area contributed by atoms with Crippen molar-refractivity contribution in [2.75, 3.05) is 4.31 Å². The number of nitrogens with one attached hydrogen (secondary N) is 1. The average Bonchev–Trinajstić information content (AvgIpc) is 2.95. The summed E-state index contributed by atoms with van der Waals surface area (Å²) in [7, 11) is -4.09. The number of nitro benzene ring substituents is 1. The summed E-state index contributed by atoms with van der Waals surface area (Å²) in [6.45, 7) is 3.45. The Morgan fingerprint density at radius 1 is 0.950 bits per heavy atom. The molecule has 0 aliphatic carbocycles. The minimum absolute atomic E-state index is 0.0528.